The minimum atomic E-state index is -0.319. The zero-order valence-corrected chi connectivity index (χ0v) is 13.9. The Morgan fingerprint density at radius 1 is 1.24 bits per heavy atom. The molecule has 118 valence electrons. The molecule has 0 spiro atoms. The fourth-order valence-corrected chi connectivity index (χ4v) is 5.03. The number of rotatable bonds is 7. The molecular formula is C18H31N3. The van der Waals surface area contributed by atoms with Gasteiger partial charge in [-0.15, -0.1) is 0 Å². The molecule has 1 N–H and O–H groups in total. The molecule has 3 nitrogen and oxygen atoms in total. The number of fused-ring (bicyclic) bond motifs is 2. The third kappa shape index (κ3) is 3.27. The number of hydrogen-bond acceptors (Lipinski definition) is 3. The summed E-state index contributed by atoms with van der Waals surface area (Å²) in [5.74, 6) is 3.45. The first kappa shape index (κ1) is 15.3. The lowest BCUT2D eigenvalue weighted by molar-refractivity contribution is 0.171. The molecule has 4 atom stereocenters. The van der Waals surface area contributed by atoms with Crippen LogP contribution in [0.15, 0.2) is 0 Å². The van der Waals surface area contributed by atoms with Crippen LogP contribution < -0.4 is 5.32 Å². The highest BCUT2D eigenvalue weighted by Crippen LogP contribution is 2.48. The van der Waals surface area contributed by atoms with Crippen molar-refractivity contribution < 1.29 is 0 Å². The van der Waals surface area contributed by atoms with E-state index in [9.17, 15) is 5.26 Å². The molecule has 3 aliphatic rings. The van der Waals surface area contributed by atoms with Gasteiger partial charge in [-0.25, -0.2) is 0 Å². The van der Waals surface area contributed by atoms with Crippen molar-refractivity contribution in [1.82, 2.24) is 10.2 Å². The van der Waals surface area contributed by atoms with Crippen molar-refractivity contribution >= 4 is 0 Å². The molecule has 3 fully saturated rings. The van der Waals surface area contributed by atoms with E-state index in [0.29, 0.717) is 12.0 Å². The fourth-order valence-electron chi connectivity index (χ4n) is 5.03. The van der Waals surface area contributed by atoms with Crippen molar-refractivity contribution in [3.8, 4) is 6.07 Å². The molecule has 0 saturated heterocycles. The Kier molecular flexibility index (Phi) is 4.30. The average molecular weight is 289 g/mol. The highest BCUT2D eigenvalue weighted by Gasteiger charge is 2.47. The lowest BCUT2D eigenvalue weighted by atomic mass is 9.87. The van der Waals surface area contributed by atoms with Gasteiger partial charge in [0.05, 0.1) is 6.07 Å². The summed E-state index contributed by atoms with van der Waals surface area (Å²) in [5.41, 5.74) is -0.319. The van der Waals surface area contributed by atoms with Crippen LogP contribution in [-0.2, 0) is 0 Å². The fraction of sp³-hybridized carbons (Fsp3) is 0.944. The van der Waals surface area contributed by atoms with Crippen molar-refractivity contribution in [3.05, 3.63) is 0 Å². The van der Waals surface area contributed by atoms with Crippen molar-refractivity contribution in [2.45, 2.75) is 64.0 Å². The van der Waals surface area contributed by atoms with E-state index < -0.39 is 0 Å². The van der Waals surface area contributed by atoms with E-state index in [4.69, 9.17) is 0 Å². The van der Waals surface area contributed by atoms with Gasteiger partial charge in [0, 0.05) is 19.1 Å². The van der Waals surface area contributed by atoms with E-state index in [1.54, 1.807) is 0 Å². The average Bonchev–Trinajstić information content (AvgIpc) is 3.09. The van der Waals surface area contributed by atoms with Crippen LogP contribution in [0.2, 0.25) is 0 Å². The molecule has 3 saturated carbocycles. The Morgan fingerprint density at radius 2 is 2.00 bits per heavy atom. The number of nitrogens with one attached hydrogen (secondary N) is 1. The van der Waals surface area contributed by atoms with E-state index in [2.05, 4.69) is 37.2 Å². The maximum atomic E-state index is 9.81. The van der Waals surface area contributed by atoms with Gasteiger partial charge in [-0.05, 0) is 76.7 Å². The standard InChI is InChI=1S/C18H31N3/c1-13(2)20-18(11-19,17-6-7-17)12-21(3)10-16-9-14-4-5-15(16)8-14/h13-17,20H,4-10,12H2,1-3H3. The first-order valence-electron chi connectivity index (χ1n) is 8.90. The summed E-state index contributed by atoms with van der Waals surface area (Å²) >= 11 is 0. The van der Waals surface area contributed by atoms with Gasteiger partial charge in [0.2, 0.25) is 0 Å². The number of nitriles is 1. The number of likely N-dealkylation sites (N-methyl/N-ethyl adjacent to an activating group) is 1. The molecule has 0 aromatic rings. The summed E-state index contributed by atoms with van der Waals surface area (Å²) < 4.78 is 0. The molecular weight excluding hydrogens is 258 g/mol. The van der Waals surface area contributed by atoms with E-state index >= 15 is 0 Å². The second-order valence-electron chi connectivity index (χ2n) is 8.29. The quantitative estimate of drug-likeness (QED) is 0.783. The lowest BCUT2D eigenvalue weighted by Gasteiger charge is -2.36. The molecule has 0 aromatic carbocycles. The molecule has 21 heavy (non-hydrogen) atoms. The van der Waals surface area contributed by atoms with E-state index in [-0.39, 0.29) is 5.54 Å². The molecule has 3 rings (SSSR count). The summed E-state index contributed by atoms with van der Waals surface area (Å²) in [4.78, 5) is 2.45. The second kappa shape index (κ2) is 5.89. The summed E-state index contributed by atoms with van der Waals surface area (Å²) in [7, 11) is 2.22. The highest BCUT2D eigenvalue weighted by atomic mass is 15.2. The van der Waals surface area contributed by atoms with Gasteiger partial charge in [0.15, 0.2) is 0 Å². The Hall–Kier alpha value is -0.590. The Bertz CT molecular complexity index is 409. The third-order valence-electron chi connectivity index (χ3n) is 5.97. The van der Waals surface area contributed by atoms with Crippen LogP contribution >= 0.6 is 0 Å². The van der Waals surface area contributed by atoms with E-state index in [0.717, 1.165) is 24.3 Å². The summed E-state index contributed by atoms with van der Waals surface area (Å²) in [6.45, 7) is 6.39. The molecule has 2 bridgehead atoms. The van der Waals surface area contributed by atoms with Crippen molar-refractivity contribution in [3.63, 3.8) is 0 Å². The molecule has 3 aliphatic carbocycles. The molecule has 0 aliphatic heterocycles. The maximum absolute atomic E-state index is 9.81. The van der Waals surface area contributed by atoms with Crippen molar-refractivity contribution in [2.24, 2.45) is 23.7 Å². The van der Waals surface area contributed by atoms with Gasteiger partial charge in [-0.3, -0.25) is 5.32 Å². The second-order valence-corrected chi connectivity index (χ2v) is 8.29. The summed E-state index contributed by atoms with van der Waals surface area (Å²) in [5, 5.41) is 13.4. The van der Waals surface area contributed by atoms with Gasteiger partial charge in [0.25, 0.3) is 0 Å². The Morgan fingerprint density at radius 3 is 2.48 bits per heavy atom. The van der Waals surface area contributed by atoms with Crippen LogP contribution in [0.3, 0.4) is 0 Å². The van der Waals surface area contributed by atoms with Gasteiger partial charge in [-0.2, -0.15) is 5.26 Å². The SMILES string of the molecule is CC(C)NC(C#N)(CN(C)CC1CC2CCC1C2)C1CC1. The van der Waals surface area contributed by atoms with Gasteiger partial charge in [-0.1, -0.05) is 6.42 Å². The zero-order chi connectivity index (χ0) is 15.0. The number of nitrogens with zero attached hydrogens (tertiary/aromatic N) is 2. The molecule has 3 heteroatoms. The van der Waals surface area contributed by atoms with E-state index in [1.807, 2.05) is 0 Å². The van der Waals surface area contributed by atoms with Gasteiger partial charge >= 0.3 is 0 Å². The van der Waals surface area contributed by atoms with Crippen molar-refractivity contribution in [2.75, 3.05) is 20.1 Å². The summed E-state index contributed by atoms with van der Waals surface area (Å²) in [6, 6.07) is 3.02. The largest absolute Gasteiger partial charge is 0.303 e. The Balaban J connectivity index is 1.58. The molecule has 0 radical (unpaired) electrons. The lowest BCUT2D eigenvalue weighted by Crippen LogP contribution is -2.56. The van der Waals surface area contributed by atoms with Gasteiger partial charge in [0.1, 0.15) is 5.54 Å². The predicted molar refractivity (Wildman–Crippen MR) is 85.8 cm³/mol. The highest BCUT2D eigenvalue weighted by molar-refractivity contribution is 5.17. The van der Waals surface area contributed by atoms with Crippen LogP contribution in [0.1, 0.15) is 52.4 Å². The molecule has 0 amide bonds. The minimum Gasteiger partial charge on any atom is -0.303 e. The molecule has 0 aromatic heterocycles. The zero-order valence-electron chi connectivity index (χ0n) is 13.9. The molecule has 4 unspecified atom stereocenters. The summed E-state index contributed by atoms with van der Waals surface area (Å²) in [6.07, 6.45) is 8.29. The smallest absolute Gasteiger partial charge is 0.122 e. The van der Waals surface area contributed by atoms with Gasteiger partial charge < -0.3 is 4.90 Å². The first-order chi connectivity index (χ1) is 10.0. The minimum absolute atomic E-state index is 0.319. The normalized spacial score (nSPS) is 34.4. The predicted octanol–water partition coefficient (Wildman–Crippen LogP) is 3.02. The molecule has 0 heterocycles. The van der Waals surface area contributed by atoms with Crippen LogP contribution in [0, 0.1) is 35.0 Å². The maximum Gasteiger partial charge on any atom is 0.122 e. The number of hydrogen-bond donors (Lipinski definition) is 1. The Labute approximate surface area is 130 Å². The van der Waals surface area contributed by atoms with Crippen molar-refractivity contribution in [1.29, 1.82) is 5.26 Å². The first-order valence-corrected chi connectivity index (χ1v) is 8.90. The van der Waals surface area contributed by atoms with Crippen LogP contribution in [0.5, 0.6) is 0 Å². The van der Waals surface area contributed by atoms with E-state index in [1.165, 1.54) is 45.1 Å². The van der Waals surface area contributed by atoms with Crippen LogP contribution in [0.25, 0.3) is 0 Å². The topological polar surface area (TPSA) is 39.1 Å². The van der Waals surface area contributed by atoms with Crippen LogP contribution in [0.4, 0.5) is 0 Å². The van der Waals surface area contributed by atoms with Crippen LogP contribution in [-0.4, -0.2) is 36.6 Å². The third-order valence-corrected chi connectivity index (χ3v) is 5.97. The monoisotopic (exact) mass is 289 g/mol.